The number of hydrogen-bond donors (Lipinski definition) is 4. The lowest BCUT2D eigenvalue weighted by Crippen LogP contribution is -2.30. The Morgan fingerprint density at radius 3 is 2.67 bits per heavy atom. The lowest BCUT2D eigenvalue weighted by molar-refractivity contribution is -0.138. The van der Waals surface area contributed by atoms with Crippen molar-refractivity contribution in [3.8, 4) is 0 Å². The summed E-state index contributed by atoms with van der Waals surface area (Å²) in [5.41, 5.74) is 5.14. The summed E-state index contributed by atoms with van der Waals surface area (Å²) in [6.07, 6.45) is 0.189. The van der Waals surface area contributed by atoms with Crippen LogP contribution in [0.5, 0.6) is 0 Å². The number of hydrogen-bond acceptors (Lipinski definition) is 5. The van der Waals surface area contributed by atoms with E-state index in [1.807, 2.05) is 0 Å². The van der Waals surface area contributed by atoms with Crippen molar-refractivity contribution in [1.82, 2.24) is 0 Å². The van der Waals surface area contributed by atoms with Crippen LogP contribution in [0.3, 0.4) is 0 Å². The number of carboxylic acid groups (broad SMARTS) is 1. The van der Waals surface area contributed by atoms with Crippen molar-refractivity contribution in [3.63, 3.8) is 0 Å². The lowest BCUT2D eigenvalue weighted by Gasteiger charge is -2.01. The van der Waals surface area contributed by atoms with E-state index >= 15 is 0 Å². The first-order valence-electron chi connectivity index (χ1n) is 3.19. The summed E-state index contributed by atoms with van der Waals surface area (Å²) in [5.74, 6) is -0.107. The molecule has 0 aromatic carbocycles. The number of aliphatic imine (C=N–C) groups is 1. The Kier molecular flexibility index (Phi) is 5.74. The molecule has 1 atom stereocenters. The first kappa shape index (κ1) is 11.4. The van der Waals surface area contributed by atoms with Crippen molar-refractivity contribution in [1.29, 1.82) is 0 Å². The van der Waals surface area contributed by atoms with Crippen molar-refractivity contribution >= 4 is 20.3 Å². The molecular formula is C5H11N2O4P. The predicted molar refractivity (Wildman–Crippen MR) is 44.9 cm³/mol. The Hall–Kier alpha value is -0.550. The van der Waals surface area contributed by atoms with Gasteiger partial charge in [-0.1, -0.05) is 0 Å². The number of nitrogens with two attached hydrogens (primary N) is 1. The normalized spacial score (nSPS) is 14.0. The average molecular weight is 194 g/mol. The van der Waals surface area contributed by atoms with Gasteiger partial charge >= 0.3 is 5.97 Å². The molecule has 0 aliphatic heterocycles. The van der Waals surface area contributed by atoms with Crippen LogP contribution in [-0.4, -0.2) is 39.4 Å². The minimum absolute atomic E-state index is 0.188. The van der Waals surface area contributed by atoms with Crippen molar-refractivity contribution in [2.75, 3.05) is 6.54 Å². The first-order chi connectivity index (χ1) is 5.54. The summed E-state index contributed by atoms with van der Waals surface area (Å²) < 4.78 is 0. The van der Waals surface area contributed by atoms with Gasteiger partial charge in [0, 0.05) is 6.54 Å². The maximum Gasteiger partial charge on any atom is 0.320 e. The SMILES string of the molecule is NC(CCN=CP(O)O)C(=O)O. The number of rotatable bonds is 5. The van der Waals surface area contributed by atoms with Crippen LogP contribution in [0.2, 0.25) is 0 Å². The summed E-state index contributed by atoms with van der Waals surface area (Å²) in [6, 6.07) is -0.939. The molecule has 0 aromatic heterocycles. The number of aliphatic carboxylic acids is 1. The molecule has 5 N–H and O–H groups in total. The van der Waals surface area contributed by atoms with E-state index in [0.29, 0.717) is 0 Å². The number of carbonyl (C=O) groups is 1. The molecule has 0 saturated heterocycles. The Morgan fingerprint density at radius 1 is 1.67 bits per heavy atom. The largest absolute Gasteiger partial charge is 0.480 e. The van der Waals surface area contributed by atoms with Gasteiger partial charge in [0.2, 0.25) is 8.38 Å². The molecule has 0 bridgehead atoms. The maximum atomic E-state index is 10.2. The third-order valence-electron chi connectivity index (χ3n) is 1.07. The van der Waals surface area contributed by atoms with Crippen LogP contribution in [-0.2, 0) is 4.79 Å². The Balaban J connectivity index is 3.49. The second kappa shape index (κ2) is 6.02. The molecule has 0 aliphatic carbocycles. The standard InChI is InChI=1S/C5H11N2O4P/c6-4(5(8)9)1-2-7-3-12(10)11/h3-4,10-11H,1-2,6H2,(H,8,9). The quantitative estimate of drug-likeness (QED) is 0.334. The predicted octanol–water partition coefficient (Wildman–Crippen LogP) is -0.887. The van der Waals surface area contributed by atoms with E-state index < -0.39 is 20.4 Å². The molecule has 0 saturated carbocycles. The van der Waals surface area contributed by atoms with Crippen LogP contribution in [0.25, 0.3) is 0 Å². The van der Waals surface area contributed by atoms with Crippen LogP contribution in [0.15, 0.2) is 4.99 Å². The second-order valence-corrected chi connectivity index (χ2v) is 2.95. The molecular weight excluding hydrogens is 183 g/mol. The van der Waals surface area contributed by atoms with Gasteiger partial charge in [0.05, 0.1) is 5.96 Å². The van der Waals surface area contributed by atoms with Gasteiger partial charge in [0.25, 0.3) is 0 Å². The average Bonchev–Trinajstić information content (AvgIpc) is 1.97. The lowest BCUT2D eigenvalue weighted by atomic mass is 10.2. The summed E-state index contributed by atoms with van der Waals surface area (Å²) in [7, 11) is -2.13. The molecule has 0 radical (unpaired) electrons. The molecule has 70 valence electrons. The summed E-state index contributed by atoms with van der Waals surface area (Å²) in [4.78, 5) is 30.4. The van der Waals surface area contributed by atoms with Crippen LogP contribution in [0.1, 0.15) is 6.42 Å². The van der Waals surface area contributed by atoms with Gasteiger partial charge in [-0.25, -0.2) is 0 Å². The maximum absolute atomic E-state index is 10.2. The van der Waals surface area contributed by atoms with Gasteiger partial charge in [-0.2, -0.15) is 0 Å². The minimum Gasteiger partial charge on any atom is -0.480 e. The summed E-state index contributed by atoms with van der Waals surface area (Å²) in [6.45, 7) is 0.188. The van der Waals surface area contributed by atoms with Crippen LogP contribution in [0.4, 0.5) is 0 Å². The molecule has 12 heavy (non-hydrogen) atoms. The first-order valence-corrected chi connectivity index (χ1v) is 4.51. The topological polar surface area (TPSA) is 116 Å². The Labute approximate surface area is 70.7 Å². The van der Waals surface area contributed by atoms with E-state index in [9.17, 15) is 4.79 Å². The fourth-order valence-corrected chi connectivity index (χ4v) is 0.729. The van der Waals surface area contributed by atoms with Gasteiger partial charge in [-0.3, -0.25) is 9.79 Å². The zero-order valence-electron chi connectivity index (χ0n) is 6.29. The summed E-state index contributed by atoms with van der Waals surface area (Å²) in [5, 5.41) is 8.32. The van der Waals surface area contributed by atoms with Gasteiger partial charge < -0.3 is 20.6 Å². The zero-order chi connectivity index (χ0) is 9.56. The highest BCUT2D eigenvalue weighted by molar-refractivity contribution is 7.61. The third kappa shape index (κ3) is 6.18. The van der Waals surface area contributed by atoms with E-state index in [1.54, 1.807) is 0 Å². The minimum atomic E-state index is -2.13. The van der Waals surface area contributed by atoms with Crippen LogP contribution in [0, 0.1) is 0 Å². The van der Waals surface area contributed by atoms with Crippen molar-refractivity contribution < 1.29 is 19.7 Å². The highest BCUT2D eigenvalue weighted by Gasteiger charge is 2.09. The van der Waals surface area contributed by atoms with E-state index in [-0.39, 0.29) is 13.0 Å². The molecule has 0 fully saturated rings. The Morgan fingerprint density at radius 2 is 2.25 bits per heavy atom. The van der Waals surface area contributed by atoms with E-state index in [4.69, 9.17) is 20.6 Å². The van der Waals surface area contributed by atoms with E-state index in [2.05, 4.69) is 4.99 Å². The molecule has 0 aliphatic rings. The fourth-order valence-electron chi connectivity index (χ4n) is 0.468. The monoisotopic (exact) mass is 194 g/mol. The highest BCUT2D eigenvalue weighted by atomic mass is 31.2. The molecule has 6 nitrogen and oxygen atoms in total. The summed E-state index contributed by atoms with van der Waals surface area (Å²) >= 11 is 0. The highest BCUT2D eigenvalue weighted by Crippen LogP contribution is 2.16. The molecule has 0 spiro atoms. The molecule has 0 rings (SSSR count). The van der Waals surface area contributed by atoms with E-state index in [1.165, 1.54) is 0 Å². The molecule has 0 amide bonds. The molecule has 0 aromatic rings. The molecule has 0 heterocycles. The third-order valence-corrected chi connectivity index (χ3v) is 1.44. The smallest absolute Gasteiger partial charge is 0.320 e. The van der Waals surface area contributed by atoms with Crippen LogP contribution < -0.4 is 5.73 Å². The molecule has 1 unspecified atom stereocenters. The van der Waals surface area contributed by atoms with Crippen molar-refractivity contribution in [2.45, 2.75) is 12.5 Å². The number of carboxylic acids is 1. The number of nitrogens with zero attached hydrogens (tertiary/aromatic N) is 1. The van der Waals surface area contributed by atoms with Gasteiger partial charge in [-0.05, 0) is 6.42 Å². The van der Waals surface area contributed by atoms with E-state index in [0.717, 1.165) is 5.96 Å². The van der Waals surface area contributed by atoms with Crippen molar-refractivity contribution in [2.24, 2.45) is 10.7 Å². The van der Waals surface area contributed by atoms with Crippen LogP contribution >= 0.6 is 8.38 Å². The van der Waals surface area contributed by atoms with Gasteiger partial charge in [-0.15, -0.1) is 0 Å². The second-order valence-electron chi connectivity index (χ2n) is 2.08. The Bertz CT molecular complexity index is 173. The fraction of sp³-hybridized carbons (Fsp3) is 0.600. The van der Waals surface area contributed by atoms with Crippen molar-refractivity contribution in [3.05, 3.63) is 0 Å². The zero-order valence-corrected chi connectivity index (χ0v) is 7.19. The van der Waals surface area contributed by atoms with Gasteiger partial charge in [0.15, 0.2) is 0 Å². The molecule has 7 heteroatoms. The van der Waals surface area contributed by atoms with Gasteiger partial charge in [0.1, 0.15) is 6.04 Å².